The van der Waals surface area contributed by atoms with Gasteiger partial charge in [-0.1, -0.05) is 64.8 Å². The first kappa shape index (κ1) is 49.8. The van der Waals surface area contributed by atoms with Gasteiger partial charge in [0.05, 0.1) is 39.3 Å². The number of hydrogen-bond donors (Lipinski definition) is 4. The zero-order valence-electron chi connectivity index (χ0n) is 29.8. The molecular weight excluding hydrogens is 636 g/mol. The maximum Gasteiger partial charge on any atom is 2.00 e. The molecule has 0 amide bonds. The third-order valence-electron chi connectivity index (χ3n) is 8.14. The molecule has 0 saturated heterocycles. The minimum absolute atomic E-state index is 0. The molecule has 6 atom stereocenters. The summed E-state index contributed by atoms with van der Waals surface area (Å²) in [7, 11) is 0. The van der Waals surface area contributed by atoms with Gasteiger partial charge in [-0.3, -0.25) is 18.6 Å². The largest absolute Gasteiger partial charge is 2.00 e. The molecule has 0 heterocycles. The van der Waals surface area contributed by atoms with Crippen molar-refractivity contribution in [3.8, 4) is 0 Å². The summed E-state index contributed by atoms with van der Waals surface area (Å²) in [5.41, 5.74) is 0. The fourth-order valence-electron chi connectivity index (χ4n) is 5.41. The molecular formula is C34H62CaN2O10+2. The maximum atomic E-state index is 11.1. The molecule has 0 aromatic carbocycles. The molecule has 47 heavy (non-hydrogen) atoms. The average Bonchev–Trinajstić information content (AvgIpc) is 3.00. The molecule has 0 aliphatic carbocycles. The zero-order valence-corrected chi connectivity index (χ0v) is 32.0. The number of quaternary nitrogens is 2. The first-order valence-electron chi connectivity index (χ1n) is 16.6. The van der Waals surface area contributed by atoms with Crippen LogP contribution in [-0.2, 0) is 19.2 Å². The third kappa shape index (κ3) is 23.5. The van der Waals surface area contributed by atoms with Gasteiger partial charge >= 0.3 is 49.7 Å². The number of carboxylic acids is 4. The van der Waals surface area contributed by atoms with Crippen LogP contribution in [0.5, 0.6) is 0 Å². The Bertz CT molecular complexity index is 826. The number of unbranched alkanes of at least 4 members (excludes halogenated alkanes) is 4. The van der Waals surface area contributed by atoms with Crippen LogP contribution in [0.2, 0.25) is 0 Å². The van der Waals surface area contributed by atoms with Crippen LogP contribution in [0.1, 0.15) is 92.9 Å². The number of aliphatic hydroxyl groups is 2. The van der Waals surface area contributed by atoms with E-state index in [0.717, 1.165) is 51.4 Å². The number of nitrogens with zero attached hydrogens (tertiary/aromatic N) is 2. The normalized spacial score (nSPS) is 16.5. The van der Waals surface area contributed by atoms with E-state index in [4.69, 9.17) is 10.2 Å². The van der Waals surface area contributed by atoms with E-state index in [2.05, 4.69) is 38.2 Å². The van der Waals surface area contributed by atoms with Gasteiger partial charge in [0, 0.05) is 36.6 Å². The molecule has 268 valence electrons. The summed E-state index contributed by atoms with van der Waals surface area (Å²) >= 11 is 0. The SMILES string of the molecule is CCC/C=C/CCC[N+](CO)(CC(C)C(=O)[O-])CC(C)C(=O)O.CCC/C=C/CCC[N+](CO)(CC(C)C(=O)[O-])CC(C)C(=O)O.[Ca+2]. The van der Waals surface area contributed by atoms with Crippen molar-refractivity contribution in [2.45, 2.75) is 92.9 Å². The van der Waals surface area contributed by atoms with Gasteiger partial charge in [-0.15, -0.1) is 0 Å². The van der Waals surface area contributed by atoms with E-state index in [1.807, 2.05) is 0 Å². The Labute approximate surface area is 312 Å². The molecule has 0 aliphatic rings. The topological polar surface area (TPSA) is 195 Å². The number of allylic oxidation sites excluding steroid dienone is 4. The van der Waals surface area contributed by atoms with Crippen LogP contribution in [0.3, 0.4) is 0 Å². The minimum Gasteiger partial charge on any atom is -0.550 e. The summed E-state index contributed by atoms with van der Waals surface area (Å²) in [4.78, 5) is 44.3. The summed E-state index contributed by atoms with van der Waals surface area (Å²) in [6, 6.07) is 0. The Morgan fingerprint density at radius 1 is 0.574 bits per heavy atom. The van der Waals surface area contributed by atoms with Crippen LogP contribution in [-0.4, -0.2) is 144 Å². The Hall–Kier alpha value is -1.54. The molecule has 4 N–H and O–H groups in total. The maximum absolute atomic E-state index is 11.1. The van der Waals surface area contributed by atoms with Crippen LogP contribution in [0.4, 0.5) is 0 Å². The van der Waals surface area contributed by atoms with Crippen molar-refractivity contribution in [2.24, 2.45) is 23.7 Å². The first-order chi connectivity index (χ1) is 21.6. The van der Waals surface area contributed by atoms with E-state index in [1.54, 1.807) is 13.8 Å². The predicted octanol–water partition coefficient (Wildman–Crippen LogP) is 1.61. The van der Waals surface area contributed by atoms with Crippen molar-refractivity contribution in [1.29, 1.82) is 0 Å². The fourth-order valence-corrected chi connectivity index (χ4v) is 5.41. The number of aliphatic carboxylic acids is 4. The molecule has 0 spiro atoms. The predicted molar refractivity (Wildman–Crippen MR) is 178 cm³/mol. The van der Waals surface area contributed by atoms with Crippen molar-refractivity contribution in [3.05, 3.63) is 24.3 Å². The summed E-state index contributed by atoms with van der Waals surface area (Å²) < 4.78 is 0.147. The number of carbonyl (C=O) groups excluding carboxylic acids is 2. The number of rotatable bonds is 26. The van der Waals surface area contributed by atoms with Crippen molar-refractivity contribution in [2.75, 3.05) is 52.7 Å². The second kappa shape index (κ2) is 28.3. The van der Waals surface area contributed by atoms with Gasteiger partial charge in [-0.05, 0) is 39.5 Å². The number of carbonyl (C=O) groups is 4. The van der Waals surface area contributed by atoms with Crippen LogP contribution < -0.4 is 10.2 Å². The van der Waals surface area contributed by atoms with Crippen molar-refractivity contribution in [1.82, 2.24) is 0 Å². The fraction of sp³-hybridized carbons (Fsp3) is 0.765. The molecule has 13 heteroatoms. The summed E-state index contributed by atoms with van der Waals surface area (Å²) in [6.45, 7) is 11.8. The van der Waals surface area contributed by atoms with Crippen molar-refractivity contribution < 1.29 is 58.8 Å². The van der Waals surface area contributed by atoms with E-state index in [1.165, 1.54) is 13.8 Å². The second-order valence-electron chi connectivity index (χ2n) is 12.9. The van der Waals surface area contributed by atoms with Crippen LogP contribution in [0.25, 0.3) is 0 Å². The molecule has 0 aromatic heterocycles. The first-order valence-corrected chi connectivity index (χ1v) is 16.6. The summed E-state index contributed by atoms with van der Waals surface area (Å²) in [5.74, 6) is -7.00. The standard InChI is InChI=1S/2C17H31NO5.Ca/c2*1-4-5-6-7-8-9-10-18(13-19,11-14(2)16(20)21)12-15(3)17(22)23;/h2*6-7,14-15,19H,4-5,8-13H2,1-3H3,(H-,20,21,22,23);/q;;+2/b2*7-6+;. The monoisotopic (exact) mass is 698 g/mol. The van der Waals surface area contributed by atoms with E-state index >= 15 is 0 Å². The Balaban J connectivity index is -0.000000807. The van der Waals surface area contributed by atoms with Gasteiger partial charge in [0.2, 0.25) is 0 Å². The van der Waals surface area contributed by atoms with E-state index in [9.17, 15) is 39.6 Å². The third-order valence-corrected chi connectivity index (χ3v) is 8.14. The Morgan fingerprint density at radius 2 is 0.851 bits per heavy atom. The van der Waals surface area contributed by atoms with Gasteiger partial charge in [0.15, 0.2) is 13.5 Å². The molecule has 0 bridgehead atoms. The van der Waals surface area contributed by atoms with Gasteiger partial charge in [-0.25, -0.2) is 0 Å². The summed E-state index contributed by atoms with van der Waals surface area (Å²) in [6.07, 6.45) is 15.8. The van der Waals surface area contributed by atoms with Gasteiger partial charge in [0.25, 0.3) is 0 Å². The van der Waals surface area contributed by atoms with E-state index in [0.29, 0.717) is 13.1 Å². The van der Waals surface area contributed by atoms with Crippen molar-refractivity contribution >= 4 is 61.6 Å². The average molecular weight is 699 g/mol. The van der Waals surface area contributed by atoms with Gasteiger partial charge in [-0.2, -0.15) is 0 Å². The van der Waals surface area contributed by atoms with E-state index < -0.39 is 47.5 Å². The second-order valence-corrected chi connectivity index (χ2v) is 12.9. The van der Waals surface area contributed by atoms with Gasteiger partial charge in [0.1, 0.15) is 11.8 Å². The molecule has 6 unspecified atom stereocenters. The molecule has 12 nitrogen and oxygen atoms in total. The molecule has 0 radical (unpaired) electrons. The van der Waals surface area contributed by atoms with Crippen molar-refractivity contribution in [3.63, 3.8) is 0 Å². The van der Waals surface area contributed by atoms with Crippen LogP contribution in [0, 0.1) is 23.7 Å². The number of aliphatic hydroxyl groups excluding tert-OH is 2. The molecule has 0 saturated carbocycles. The van der Waals surface area contributed by atoms with Crippen LogP contribution in [0.15, 0.2) is 24.3 Å². The van der Waals surface area contributed by atoms with E-state index in [-0.39, 0.29) is 86.3 Å². The quantitative estimate of drug-likeness (QED) is 0.0339. The zero-order chi connectivity index (χ0) is 35.8. The molecule has 0 aromatic rings. The number of hydrogen-bond acceptors (Lipinski definition) is 8. The molecule has 0 aliphatic heterocycles. The number of carboxylic acid groups (broad SMARTS) is 4. The smallest absolute Gasteiger partial charge is 0.550 e. The minimum atomic E-state index is -1.17. The molecule has 0 rings (SSSR count). The Morgan fingerprint density at radius 3 is 1.09 bits per heavy atom. The molecule has 0 fully saturated rings. The van der Waals surface area contributed by atoms with Crippen LogP contribution >= 0.6 is 0 Å². The summed E-state index contributed by atoms with van der Waals surface area (Å²) in [5, 5.41) is 60.0. The Kier molecular flexibility index (Phi) is 30.0. The van der Waals surface area contributed by atoms with Gasteiger partial charge < -0.3 is 40.2 Å².